The van der Waals surface area contributed by atoms with Gasteiger partial charge >= 0.3 is 11.9 Å². The Morgan fingerprint density at radius 3 is 1.31 bits per heavy atom. The van der Waals surface area contributed by atoms with Crippen molar-refractivity contribution in [3.8, 4) is 0 Å². The first kappa shape index (κ1) is 13.3. The number of aliphatic carboxylic acids is 2. The molecule has 0 aliphatic rings. The van der Waals surface area contributed by atoms with Crippen molar-refractivity contribution in [2.75, 3.05) is 0 Å². The molecule has 0 aromatic heterocycles. The highest BCUT2D eigenvalue weighted by atomic mass is 17.0. The Bertz CT molecular complexity index is 293. The first-order valence-electron chi connectivity index (χ1n) is 3.33. The first-order valence-corrected chi connectivity index (χ1v) is 3.33. The minimum atomic E-state index is -2.64. The second-order valence-corrected chi connectivity index (χ2v) is 2.18. The molecule has 0 fully saturated rings. The number of hydrogen-bond donors (Lipinski definition) is 2. The van der Waals surface area contributed by atoms with E-state index in [1.54, 1.807) is 0 Å². The second-order valence-electron chi connectivity index (χ2n) is 2.18. The summed E-state index contributed by atoms with van der Waals surface area (Å²) < 4.78 is 0. The van der Waals surface area contributed by atoms with Gasteiger partial charge in [0.15, 0.2) is 0 Å². The lowest BCUT2D eigenvalue weighted by atomic mass is 10.2. The Labute approximate surface area is 85.2 Å². The Morgan fingerprint density at radius 1 is 0.938 bits per heavy atom. The molecule has 2 N–H and O–H groups in total. The second kappa shape index (κ2) is 5.28. The summed E-state index contributed by atoms with van der Waals surface area (Å²) >= 11 is 0. The van der Waals surface area contributed by atoms with E-state index in [-0.39, 0.29) is 0 Å². The van der Waals surface area contributed by atoms with Crippen molar-refractivity contribution in [3.05, 3.63) is 20.2 Å². The van der Waals surface area contributed by atoms with E-state index in [4.69, 9.17) is 10.2 Å². The molecule has 0 bridgehead atoms. The van der Waals surface area contributed by atoms with Gasteiger partial charge in [0, 0.05) is 0 Å². The maximum absolute atomic E-state index is 10.4. The maximum atomic E-state index is 10.4. The van der Waals surface area contributed by atoms with Gasteiger partial charge in [0.2, 0.25) is 12.2 Å². The van der Waals surface area contributed by atoms with Crippen molar-refractivity contribution in [2.24, 2.45) is 0 Å². The van der Waals surface area contributed by atoms with Crippen LogP contribution in [0.5, 0.6) is 0 Å². The van der Waals surface area contributed by atoms with Crippen LogP contribution in [0.2, 0.25) is 0 Å². The number of hydrogen-bond acceptors (Lipinski definition) is 8. The molecule has 12 nitrogen and oxygen atoms in total. The minimum Gasteiger partial charge on any atom is -0.480 e. The van der Waals surface area contributed by atoms with Crippen molar-refractivity contribution >= 4 is 11.9 Å². The van der Waals surface area contributed by atoms with Crippen LogP contribution in [0.4, 0.5) is 0 Å². The van der Waals surface area contributed by atoms with Crippen LogP contribution in [-0.2, 0) is 19.3 Å². The van der Waals surface area contributed by atoms with Gasteiger partial charge in [-0.3, -0.25) is 9.68 Å². The third kappa shape index (κ3) is 4.03. The molecular formula is C4H4N2O10. The number of carboxylic acids is 2. The molecule has 2 atom stereocenters. The van der Waals surface area contributed by atoms with Crippen LogP contribution < -0.4 is 0 Å². The van der Waals surface area contributed by atoms with Gasteiger partial charge in [0.1, 0.15) is 0 Å². The Kier molecular flexibility index (Phi) is 4.40. The van der Waals surface area contributed by atoms with E-state index < -0.39 is 34.3 Å². The Hall–Kier alpha value is -2.66. The molecule has 0 spiro atoms. The van der Waals surface area contributed by atoms with Crippen LogP contribution in [0.3, 0.4) is 0 Å². The molecule has 0 saturated carbocycles. The van der Waals surface area contributed by atoms with Crippen LogP contribution in [0.15, 0.2) is 0 Å². The summed E-state index contributed by atoms with van der Waals surface area (Å²) in [5.41, 5.74) is 0. The van der Waals surface area contributed by atoms with Crippen molar-refractivity contribution in [1.82, 2.24) is 0 Å². The van der Waals surface area contributed by atoms with Gasteiger partial charge in [-0.1, -0.05) is 0 Å². The van der Waals surface area contributed by atoms with Crippen molar-refractivity contribution in [3.63, 3.8) is 0 Å². The average Bonchev–Trinajstić information content (AvgIpc) is 2.09. The SMILES string of the molecule is O=C(O)[C@@H](O[N+](=O)[O-])[C@@H](O[N+](=O)[O-])C(=O)O. The van der Waals surface area contributed by atoms with Gasteiger partial charge in [-0.05, 0) is 0 Å². The summed E-state index contributed by atoms with van der Waals surface area (Å²) in [5, 5.41) is 33.2. The van der Waals surface area contributed by atoms with Crippen LogP contribution in [0, 0.1) is 20.2 Å². The largest absolute Gasteiger partial charge is 0.480 e. The van der Waals surface area contributed by atoms with Crippen LogP contribution in [-0.4, -0.2) is 44.5 Å². The molecule has 0 amide bonds. The summed E-state index contributed by atoms with van der Waals surface area (Å²) in [6.07, 6.45) is -5.28. The highest BCUT2D eigenvalue weighted by Crippen LogP contribution is 2.06. The zero-order chi connectivity index (χ0) is 12.9. The minimum absolute atomic E-state index is 1.60. The number of nitrogens with zero attached hydrogens (tertiary/aromatic N) is 2. The summed E-state index contributed by atoms with van der Waals surface area (Å²) in [4.78, 5) is 47.3. The molecule has 0 aromatic rings. The molecule has 0 radical (unpaired) electrons. The van der Waals surface area contributed by atoms with Gasteiger partial charge < -0.3 is 10.2 Å². The lowest BCUT2D eigenvalue weighted by Crippen LogP contribution is -2.45. The van der Waals surface area contributed by atoms with E-state index in [9.17, 15) is 29.8 Å². The molecule has 0 aromatic carbocycles. The van der Waals surface area contributed by atoms with Crippen LogP contribution in [0.25, 0.3) is 0 Å². The van der Waals surface area contributed by atoms with Gasteiger partial charge in [-0.2, -0.15) is 0 Å². The lowest BCUT2D eigenvalue weighted by molar-refractivity contribution is -0.792. The fraction of sp³-hybridized carbons (Fsp3) is 0.500. The molecule has 90 valence electrons. The summed E-state index contributed by atoms with van der Waals surface area (Å²) in [6, 6.07) is 0. The van der Waals surface area contributed by atoms with Gasteiger partial charge in [-0.25, -0.2) is 9.59 Å². The maximum Gasteiger partial charge on any atom is 0.335 e. The van der Waals surface area contributed by atoms with E-state index in [1.165, 1.54) is 0 Å². The topological polar surface area (TPSA) is 179 Å². The van der Waals surface area contributed by atoms with E-state index >= 15 is 0 Å². The lowest BCUT2D eigenvalue weighted by Gasteiger charge is -2.15. The zero-order valence-electron chi connectivity index (χ0n) is 7.21. The first-order chi connectivity index (χ1) is 7.25. The number of rotatable bonds is 7. The monoisotopic (exact) mass is 240 g/mol. The fourth-order valence-corrected chi connectivity index (χ4v) is 0.645. The molecule has 12 heteroatoms. The molecule has 0 heterocycles. The molecule has 0 aliphatic heterocycles. The van der Waals surface area contributed by atoms with Gasteiger partial charge in [-0.15, -0.1) is 20.2 Å². The fourth-order valence-electron chi connectivity index (χ4n) is 0.645. The van der Waals surface area contributed by atoms with Crippen LogP contribution >= 0.6 is 0 Å². The van der Waals surface area contributed by atoms with Gasteiger partial charge in [0.05, 0.1) is 0 Å². The average molecular weight is 240 g/mol. The molecule has 0 aliphatic carbocycles. The van der Waals surface area contributed by atoms with Crippen LogP contribution in [0.1, 0.15) is 0 Å². The number of carbonyl (C=O) groups is 2. The predicted molar refractivity (Wildman–Crippen MR) is 39.0 cm³/mol. The zero-order valence-corrected chi connectivity index (χ0v) is 7.21. The third-order valence-corrected chi connectivity index (χ3v) is 1.16. The molecule has 16 heavy (non-hydrogen) atoms. The predicted octanol–water partition coefficient (Wildman–Crippen LogP) is -1.69. The highest BCUT2D eigenvalue weighted by Gasteiger charge is 2.40. The Balaban J connectivity index is 4.93. The van der Waals surface area contributed by atoms with Crippen molar-refractivity contribution in [2.45, 2.75) is 12.2 Å². The van der Waals surface area contributed by atoms with E-state index in [0.717, 1.165) is 0 Å². The van der Waals surface area contributed by atoms with Crippen molar-refractivity contribution in [1.29, 1.82) is 0 Å². The summed E-state index contributed by atoms with van der Waals surface area (Å²) in [6.45, 7) is 0. The Morgan fingerprint density at radius 2 is 1.19 bits per heavy atom. The third-order valence-electron chi connectivity index (χ3n) is 1.16. The van der Waals surface area contributed by atoms with E-state index in [0.29, 0.717) is 0 Å². The quantitative estimate of drug-likeness (QED) is 0.384. The number of carboxylic acid groups (broad SMARTS) is 2. The smallest absolute Gasteiger partial charge is 0.335 e. The molecule has 0 saturated heterocycles. The van der Waals surface area contributed by atoms with Gasteiger partial charge in [0.25, 0.3) is 10.2 Å². The van der Waals surface area contributed by atoms with E-state index in [1.807, 2.05) is 0 Å². The summed E-state index contributed by atoms with van der Waals surface area (Å²) in [5.74, 6) is -4.18. The molecule has 0 rings (SSSR count). The molecule has 0 unspecified atom stereocenters. The van der Waals surface area contributed by atoms with E-state index in [2.05, 4.69) is 9.68 Å². The summed E-state index contributed by atoms with van der Waals surface area (Å²) in [7, 11) is 0. The van der Waals surface area contributed by atoms with Crippen molar-refractivity contribution < 1.29 is 39.7 Å². The normalized spacial score (nSPS) is 13.2. The molecular weight excluding hydrogens is 236 g/mol. The highest BCUT2D eigenvalue weighted by molar-refractivity contribution is 5.83. The standard InChI is InChI=1S/C4H4N2O10/c7-3(8)1(15-5(11)12)2(4(9)10)16-6(13)14/h1-2H,(H,7,8)(H,9,10)/t1-,2+.